The highest BCUT2D eigenvalue weighted by atomic mass is 35.5. The summed E-state index contributed by atoms with van der Waals surface area (Å²) in [5, 5.41) is 6.97. The van der Waals surface area contributed by atoms with E-state index in [-0.39, 0.29) is 0 Å². The molecule has 10 heteroatoms. The Morgan fingerprint density at radius 3 is 2.06 bits per heavy atom. The predicted octanol–water partition coefficient (Wildman–Crippen LogP) is 1.86. The summed E-state index contributed by atoms with van der Waals surface area (Å²) in [7, 11) is -4.84. The minimum atomic E-state index is -4.84. The number of nitriles is 1. The Morgan fingerprint density at radius 1 is 1.22 bits per heavy atom. The molecule has 0 radical (unpaired) electrons. The smallest absolute Gasteiger partial charge is 0.297 e. The fourth-order valence-electron chi connectivity index (χ4n) is 1.20. The SMILES string of the molecule is N#Cc1c(Cl)c(C(N)=O)c(Cl)c(Cl)c1S(=O)(=O)O. The van der Waals surface area contributed by atoms with E-state index in [1.165, 1.54) is 6.07 Å². The largest absolute Gasteiger partial charge is 0.366 e. The van der Waals surface area contributed by atoms with Gasteiger partial charge in [-0.1, -0.05) is 34.8 Å². The molecule has 0 unspecified atom stereocenters. The van der Waals surface area contributed by atoms with Gasteiger partial charge in [0, 0.05) is 0 Å². The average molecular weight is 330 g/mol. The van der Waals surface area contributed by atoms with E-state index in [0.717, 1.165) is 0 Å². The number of hydrogen-bond acceptors (Lipinski definition) is 4. The van der Waals surface area contributed by atoms with Crippen molar-refractivity contribution in [1.29, 1.82) is 5.26 Å². The maximum absolute atomic E-state index is 11.1. The second kappa shape index (κ2) is 4.91. The molecule has 96 valence electrons. The number of nitrogens with two attached hydrogens (primary N) is 1. The van der Waals surface area contributed by atoms with E-state index in [1.54, 1.807) is 0 Å². The first-order valence-corrected chi connectivity index (χ1v) is 6.58. The van der Waals surface area contributed by atoms with Gasteiger partial charge in [0.05, 0.1) is 26.2 Å². The van der Waals surface area contributed by atoms with Gasteiger partial charge in [-0.25, -0.2) is 0 Å². The summed E-state index contributed by atoms with van der Waals surface area (Å²) < 4.78 is 31.2. The van der Waals surface area contributed by atoms with Crippen LogP contribution in [0.5, 0.6) is 0 Å². The lowest BCUT2D eigenvalue weighted by Gasteiger charge is -2.11. The van der Waals surface area contributed by atoms with Crippen molar-refractivity contribution in [2.75, 3.05) is 0 Å². The highest BCUT2D eigenvalue weighted by molar-refractivity contribution is 7.86. The molecule has 0 saturated heterocycles. The summed E-state index contributed by atoms with van der Waals surface area (Å²) in [6.07, 6.45) is 0. The fourth-order valence-corrected chi connectivity index (χ4v) is 3.18. The van der Waals surface area contributed by atoms with E-state index in [2.05, 4.69) is 0 Å². The zero-order valence-corrected chi connectivity index (χ0v) is 11.3. The Balaban J connectivity index is 4.04. The van der Waals surface area contributed by atoms with E-state index in [4.69, 9.17) is 50.4 Å². The van der Waals surface area contributed by atoms with Crippen LogP contribution in [-0.4, -0.2) is 18.9 Å². The van der Waals surface area contributed by atoms with Crippen molar-refractivity contribution in [2.45, 2.75) is 4.90 Å². The van der Waals surface area contributed by atoms with Gasteiger partial charge >= 0.3 is 0 Å². The molecule has 3 N–H and O–H groups in total. The number of benzene rings is 1. The molecule has 1 aromatic rings. The summed E-state index contributed by atoms with van der Waals surface area (Å²) >= 11 is 16.9. The molecule has 1 aromatic carbocycles. The van der Waals surface area contributed by atoms with Gasteiger partial charge < -0.3 is 5.73 Å². The van der Waals surface area contributed by atoms with Crippen LogP contribution in [0.3, 0.4) is 0 Å². The molecular formula is C8H3Cl3N2O4S. The molecule has 0 saturated carbocycles. The molecule has 0 spiro atoms. The summed E-state index contributed by atoms with van der Waals surface area (Å²) in [6.45, 7) is 0. The van der Waals surface area contributed by atoms with Crippen LogP contribution in [0.2, 0.25) is 15.1 Å². The maximum Gasteiger partial charge on any atom is 0.297 e. The van der Waals surface area contributed by atoms with Crippen molar-refractivity contribution in [1.82, 2.24) is 0 Å². The molecule has 0 aromatic heterocycles. The van der Waals surface area contributed by atoms with Crippen LogP contribution < -0.4 is 5.73 Å². The number of carbonyl (C=O) groups excluding carboxylic acids is 1. The highest BCUT2D eigenvalue weighted by Crippen LogP contribution is 2.40. The minimum Gasteiger partial charge on any atom is -0.366 e. The van der Waals surface area contributed by atoms with Gasteiger partial charge in [-0.3, -0.25) is 9.35 Å². The number of nitrogens with zero attached hydrogens (tertiary/aromatic N) is 1. The molecule has 0 aliphatic rings. The summed E-state index contributed by atoms with van der Waals surface area (Å²) in [4.78, 5) is 10.1. The zero-order chi connectivity index (χ0) is 14.2. The first-order valence-electron chi connectivity index (χ1n) is 4.00. The van der Waals surface area contributed by atoms with Crippen molar-refractivity contribution in [3.63, 3.8) is 0 Å². The van der Waals surface area contributed by atoms with Crippen molar-refractivity contribution < 1.29 is 17.8 Å². The van der Waals surface area contributed by atoms with Crippen molar-refractivity contribution >= 4 is 50.8 Å². The summed E-state index contributed by atoms with van der Waals surface area (Å²) in [5.41, 5.74) is 3.78. The van der Waals surface area contributed by atoms with E-state index in [1.807, 2.05) is 0 Å². The molecule has 0 heterocycles. The standard InChI is InChI=1S/C8H3Cl3N2O4S/c9-4-2(1-12)7(18(15,16)17)6(11)5(10)3(4)8(13)14/h(H2,13,14)(H,15,16,17). The fraction of sp³-hybridized carbons (Fsp3) is 0. The van der Waals surface area contributed by atoms with Gasteiger partial charge in [0.2, 0.25) is 0 Å². The van der Waals surface area contributed by atoms with Crippen molar-refractivity contribution in [2.24, 2.45) is 5.73 Å². The number of primary amides is 1. The zero-order valence-electron chi connectivity index (χ0n) is 8.24. The Labute approximate surface area is 117 Å². The molecule has 18 heavy (non-hydrogen) atoms. The molecule has 0 atom stereocenters. The third-order valence-electron chi connectivity index (χ3n) is 1.89. The van der Waals surface area contributed by atoms with Crippen LogP contribution in [0.25, 0.3) is 0 Å². The van der Waals surface area contributed by atoms with E-state index in [9.17, 15) is 13.2 Å². The quantitative estimate of drug-likeness (QED) is 0.633. The third kappa shape index (κ3) is 2.39. The number of hydrogen-bond donors (Lipinski definition) is 2. The number of rotatable bonds is 2. The summed E-state index contributed by atoms with van der Waals surface area (Å²) in [6, 6.07) is 1.41. The van der Waals surface area contributed by atoms with E-state index >= 15 is 0 Å². The van der Waals surface area contributed by atoms with Crippen LogP contribution in [0, 0.1) is 11.3 Å². The summed E-state index contributed by atoms with van der Waals surface area (Å²) in [5.74, 6) is -1.09. The molecular weight excluding hydrogens is 327 g/mol. The predicted molar refractivity (Wildman–Crippen MR) is 64.5 cm³/mol. The van der Waals surface area contributed by atoms with Crippen molar-refractivity contribution in [3.05, 3.63) is 26.2 Å². The number of halogens is 3. The van der Waals surface area contributed by atoms with Crippen LogP contribution in [0.15, 0.2) is 4.90 Å². The molecule has 0 fully saturated rings. The van der Waals surface area contributed by atoms with Gasteiger partial charge in [-0.15, -0.1) is 0 Å². The van der Waals surface area contributed by atoms with Crippen LogP contribution in [-0.2, 0) is 10.1 Å². The van der Waals surface area contributed by atoms with Crippen LogP contribution in [0.4, 0.5) is 0 Å². The first-order chi connectivity index (χ1) is 8.12. The molecule has 0 aliphatic carbocycles. The first kappa shape index (κ1) is 15.0. The number of amides is 1. The minimum absolute atomic E-state index is 0.493. The normalized spacial score (nSPS) is 11.1. The Morgan fingerprint density at radius 2 is 1.72 bits per heavy atom. The second-order valence-corrected chi connectivity index (χ2v) is 5.46. The molecule has 1 amide bonds. The second-order valence-electron chi connectivity index (χ2n) is 2.97. The molecule has 0 bridgehead atoms. The lowest BCUT2D eigenvalue weighted by molar-refractivity contribution is 0.100. The third-order valence-corrected chi connectivity index (χ3v) is 4.16. The lowest BCUT2D eigenvalue weighted by atomic mass is 10.1. The Kier molecular flexibility index (Phi) is 4.10. The topological polar surface area (TPSA) is 121 Å². The van der Waals surface area contributed by atoms with Gasteiger partial charge in [-0.05, 0) is 0 Å². The average Bonchev–Trinajstić information content (AvgIpc) is 2.20. The van der Waals surface area contributed by atoms with Gasteiger partial charge in [0.25, 0.3) is 16.0 Å². The molecule has 1 rings (SSSR count). The van der Waals surface area contributed by atoms with Gasteiger partial charge in [0.15, 0.2) is 0 Å². The Bertz CT molecular complexity index is 694. The molecule has 0 aliphatic heterocycles. The highest BCUT2D eigenvalue weighted by Gasteiger charge is 2.30. The van der Waals surface area contributed by atoms with Crippen LogP contribution in [0.1, 0.15) is 15.9 Å². The monoisotopic (exact) mass is 328 g/mol. The van der Waals surface area contributed by atoms with E-state index < -0.39 is 47.1 Å². The number of carbonyl (C=O) groups is 1. The van der Waals surface area contributed by atoms with Crippen molar-refractivity contribution in [3.8, 4) is 6.07 Å². The lowest BCUT2D eigenvalue weighted by Crippen LogP contribution is -2.15. The maximum atomic E-state index is 11.1. The van der Waals surface area contributed by atoms with Gasteiger partial charge in [0.1, 0.15) is 11.0 Å². The van der Waals surface area contributed by atoms with E-state index in [0.29, 0.717) is 0 Å². The Hall–Kier alpha value is -1.04. The van der Waals surface area contributed by atoms with Crippen LogP contribution >= 0.6 is 34.8 Å². The molecule has 6 nitrogen and oxygen atoms in total. The van der Waals surface area contributed by atoms with Gasteiger partial charge in [-0.2, -0.15) is 13.7 Å².